The molecule has 1 N–H and O–H groups in total. The molecule has 224 valence electrons. The van der Waals surface area contributed by atoms with Gasteiger partial charge in [-0.15, -0.1) is 0 Å². The Labute approximate surface area is 245 Å². The molecule has 0 amide bonds. The first kappa shape index (κ1) is 35.5. The highest BCUT2D eigenvalue weighted by Crippen LogP contribution is 2.29. The number of aliphatic hydroxyl groups is 1. The Morgan fingerprint density at radius 3 is 2.20 bits per heavy atom. The summed E-state index contributed by atoms with van der Waals surface area (Å²) in [6, 6.07) is 10.00. The fraction of sp³-hybridized carbons (Fsp3) is 0.600. The average molecular weight is 552 g/mol. The Morgan fingerprint density at radius 2 is 1.70 bits per heavy atom. The minimum atomic E-state index is -0.183. The maximum Gasteiger partial charge on any atom is 0.119 e. The highest BCUT2D eigenvalue weighted by molar-refractivity contribution is 6.15. The molecule has 5 nitrogen and oxygen atoms in total. The van der Waals surface area contributed by atoms with E-state index in [4.69, 9.17) is 9.83 Å². The zero-order chi connectivity index (χ0) is 29.8. The standard InChI is InChI=1S/C24H33N3O2.C9H18.C2H6/c1-5-10-23(25-19(3)6-2)22(15-18-27-16-13-21(28)14-17-27)24(26-29-4)20-11-8-7-9-12-20;1-8(2)9-6-4-3-5-7-9;1-2/h5,7-12,15,21,28H,1,6,13-14,16-18H2,2-4H3;8-9H,3-7H2,1-2H3;1-2H3/b22-15+,23-10-,25-19?,26-24-;;. The van der Waals surface area contributed by atoms with Crippen molar-refractivity contribution < 1.29 is 9.94 Å². The van der Waals surface area contributed by atoms with Crippen LogP contribution in [0.2, 0.25) is 0 Å². The average Bonchev–Trinajstić information content (AvgIpc) is 2.99. The molecular weight excluding hydrogens is 494 g/mol. The molecular formula is C35H57N3O2. The molecule has 40 heavy (non-hydrogen) atoms. The number of piperidine rings is 1. The summed E-state index contributed by atoms with van der Waals surface area (Å²) in [5, 5.41) is 14.1. The molecule has 1 aliphatic carbocycles. The number of hydrogen-bond donors (Lipinski definition) is 1. The number of nitrogens with zero attached hydrogens (tertiary/aromatic N) is 3. The van der Waals surface area contributed by atoms with Gasteiger partial charge in [0.25, 0.3) is 0 Å². The number of benzene rings is 1. The Hall–Kier alpha value is -2.50. The lowest BCUT2D eigenvalue weighted by Gasteiger charge is -2.28. The first-order valence-corrected chi connectivity index (χ1v) is 15.5. The van der Waals surface area contributed by atoms with Crippen LogP contribution in [0, 0.1) is 11.8 Å². The van der Waals surface area contributed by atoms with Gasteiger partial charge in [-0.3, -0.25) is 9.89 Å². The van der Waals surface area contributed by atoms with Crippen LogP contribution >= 0.6 is 0 Å². The van der Waals surface area contributed by atoms with Crippen LogP contribution in [0.5, 0.6) is 0 Å². The van der Waals surface area contributed by atoms with Gasteiger partial charge in [0.1, 0.15) is 12.8 Å². The normalized spacial score (nSPS) is 18.4. The maximum absolute atomic E-state index is 9.78. The predicted molar refractivity (Wildman–Crippen MR) is 174 cm³/mol. The van der Waals surface area contributed by atoms with Gasteiger partial charge in [0, 0.05) is 36.5 Å². The third-order valence-corrected chi connectivity index (χ3v) is 7.56. The van der Waals surface area contributed by atoms with Gasteiger partial charge in [0.15, 0.2) is 0 Å². The van der Waals surface area contributed by atoms with Gasteiger partial charge < -0.3 is 9.94 Å². The molecule has 1 aliphatic heterocycles. The number of hydrogen-bond acceptors (Lipinski definition) is 5. The molecule has 2 aliphatic rings. The lowest BCUT2D eigenvalue weighted by molar-refractivity contribution is 0.0880. The summed E-state index contributed by atoms with van der Waals surface area (Å²) >= 11 is 0. The summed E-state index contributed by atoms with van der Waals surface area (Å²) in [6.45, 7) is 19.2. The molecule has 1 aromatic rings. The molecule has 1 heterocycles. The summed E-state index contributed by atoms with van der Waals surface area (Å²) in [7, 11) is 1.56. The van der Waals surface area contributed by atoms with Crippen molar-refractivity contribution in [3.63, 3.8) is 0 Å². The summed E-state index contributed by atoms with van der Waals surface area (Å²) in [5.41, 5.74) is 4.47. The molecule has 0 spiro atoms. The van der Waals surface area contributed by atoms with Crippen molar-refractivity contribution in [1.29, 1.82) is 0 Å². The summed E-state index contributed by atoms with van der Waals surface area (Å²) in [4.78, 5) is 12.4. The minimum Gasteiger partial charge on any atom is -0.399 e. The first-order chi connectivity index (χ1) is 19.4. The molecule has 0 bridgehead atoms. The number of aliphatic hydroxyl groups excluding tert-OH is 1. The van der Waals surface area contributed by atoms with Crippen molar-refractivity contribution in [2.75, 3.05) is 26.7 Å². The van der Waals surface area contributed by atoms with Gasteiger partial charge >= 0.3 is 0 Å². The zero-order valence-electron chi connectivity index (χ0n) is 26.5. The highest BCUT2D eigenvalue weighted by Gasteiger charge is 2.19. The van der Waals surface area contributed by atoms with E-state index in [1.807, 2.05) is 57.2 Å². The molecule has 0 atom stereocenters. The van der Waals surface area contributed by atoms with Crippen LogP contribution < -0.4 is 0 Å². The number of likely N-dealkylation sites (tertiary alicyclic amines) is 1. The number of aliphatic imine (C=N–C) groups is 1. The van der Waals surface area contributed by atoms with E-state index in [-0.39, 0.29) is 6.10 Å². The fourth-order valence-corrected chi connectivity index (χ4v) is 4.97. The van der Waals surface area contributed by atoms with E-state index in [9.17, 15) is 5.11 Å². The molecule has 0 radical (unpaired) electrons. The third kappa shape index (κ3) is 13.2. The van der Waals surface area contributed by atoms with Crippen LogP contribution in [0.3, 0.4) is 0 Å². The van der Waals surface area contributed by atoms with Gasteiger partial charge in [-0.2, -0.15) is 0 Å². The molecule has 5 heteroatoms. The smallest absolute Gasteiger partial charge is 0.119 e. The van der Waals surface area contributed by atoms with Gasteiger partial charge in [-0.05, 0) is 44.1 Å². The molecule has 3 rings (SSSR count). The maximum atomic E-state index is 9.78. The van der Waals surface area contributed by atoms with Crippen LogP contribution in [0.15, 0.2) is 76.6 Å². The van der Waals surface area contributed by atoms with E-state index in [0.29, 0.717) is 0 Å². The van der Waals surface area contributed by atoms with Crippen LogP contribution in [0.25, 0.3) is 0 Å². The second kappa shape index (κ2) is 21.3. The summed E-state index contributed by atoms with van der Waals surface area (Å²) in [6.07, 6.45) is 15.6. The number of oxime groups is 1. The van der Waals surface area contributed by atoms with Crippen molar-refractivity contribution in [3.05, 3.63) is 72.0 Å². The third-order valence-electron chi connectivity index (χ3n) is 7.56. The van der Waals surface area contributed by atoms with E-state index < -0.39 is 0 Å². The molecule has 0 unspecified atom stereocenters. The van der Waals surface area contributed by atoms with Crippen LogP contribution in [-0.2, 0) is 4.84 Å². The quantitative estimate of drug-likeness (QED) is 0.180. The van der Waals surface area contributed by atoms with Gasteiger partial charge in [-0.25, -0.2) is 0 Å². The van der Waals surface area contributed by atoms with Gasteiger partial charge in [-0.1, -0.05) is 121 Å². The van der Waals surface area contributed by atoms with Gasteiger partial charge in [0.05, 0.1) is 11.8 Å². The van der Waals surface area contributed by atoms with Crippen molar-refractivity contribution in [2.24, 2.45) is 22.0 Å². The number of allylic oxidation sites excluding steroid dienone is 3. The van der Waals surface area contributed by atoms with E-state index in [1.165, 1.54) is 32.1 Å². The van der Waals surface area contributed by atoms with E-state index in [1.54, 1.807) is 13.2 Å². The summed E-state index contributed by atoms with van der Waals surface area (Å²) < 4.78 is 0. The largest absolute Gasteiger partial charge is 0.399 e. The van der Waals surface area contributed by atoms with Crippen molar-refractivity contribution in [1.82, 2.24) is 4.90 Å². The lowest BCUT2D eigenvalue weighted by atomic mass is 9.82. The molecule has 2 fully saturated rings. The molecule has 1 saturated carbocycles. The second-order valence-electron chi connectivity index (χ2n) is 10.8. The van der Waals surface area contributed by atoms with Crippen molar-refractivity contribution >= 4 is 11.4 Å². The second-order valence-corrected chi connectivity index (χ2v) is 10.8. The zero-order valence-corrected chi connectivity index (χ0v) is 26.5. The minimum absolute atomic E-state index is 0.183. The molecule has 1 aromatic carbocycles. The van der Waals surface area contributed by atoms with Crippen LogP contribution in [0.1, 0.15) is 98.5 Å². The fourth-order valence-electron chi connectivity index (χ4n) is 4.97. The first-order valence-electron chi connectivity index (χ1n) is 15.5. The Morgan fingerprint density at radius 1 is 1.07 bits per heavy atom. The van der Waals surface area contributed by atoms with Crippen LogP contribution in [-0.4, -0.2) is 54.3 Å². The summed E-state index contributed by atoms with van der Waals surface area (Å²) in [5.74, 6) is 1.99. The molecule has 0 aromatic heterocycles. The Balaban J connectivity index is 0.000000609. The Kier molecular flexibility index (Phi) is 18.9. The van der Waals surface area contributed by atoms with Crippen molar-refractivity contribution in [2.45, 2.75) is 99.0 Å². The highest BCUT2D eigenvalue weighted by atomic mass is 16.6. The topological polar surface area (TPSA) is 57.4 Å². The van der Waals surface area contributed by atoms with E-state index >= 15 is 0 Å². The monoisotopic (exact) mass is 551 g/mol. The van der Waals surface area contributed by atoms with Gasteiger partial charge in [0.2, 0.25) is 0 Å². The lowest BCUT2D eigenvalue weighted by Crippen LogP contribution is -2.36. The number of rotatable bonds is 10. The van der Waals surface area contributed by atoms with E-state index in [0.717, 1.165) is 79.0 Å². The van der Waals surface area contributed by atoms with Crippen LogP contribution in [0.4, 0.5) is 0 Å². The Bertz CT molecular complexity index is 933. The molecule has 1 saturated heterocycles. The SMILES string of the molecule is C=C/C=C(N=C(C)CC)/C(=C\CN1CCC(O)CC1)C(=N\OC)/c1ccccc1.CC.CC(C)C1CCCCC1. The predicted octanol–water partition coefficient (Wildman–Crippen LogP) is 8.61. The van der Waals surface area contributed by atoms with E-state index in [2.05, 4.69) is 43.5 Å². The van der Waals surface area contributed by atoms with Crippen molar-refractivity contribution in [3.8, 4) is 0 Å².